The highest BCUT2D eigenvalue weighted by Gasteiger charge is 2.29. The van der Waals surface area contributed by atoms with Gasteiger partial charge in [0.1, 0.15) is 5.65 Å². The topological polar surface area (TPSA) is 46.4 Å². The standard InChI is InChI=1S/C18H23N3O/c22-18(19-14-6-2-1-3-7-14)13-9-10-15-16(12-13)21-11-5-4-8-17(21)20-15/h4-5,8,11,13-14H,1-3,6-7,9-10,12H2,(H,19,22). The zero-order valence-corrected chi connectivity index (χ0v) is 12.9. The Labute approximate surface area is 130 Å². The van der Waals surface area contributed by atoms with Gasteiger partial charge >= 0.3 is 0 Å². The first-order valence-corrected chi connectivity index (χ1v) is 8.56. The van der Waals surface area contributed by atoms with E-state index in [1.165, 1.54) is 30.7 Å². The molecule has 0 saturated heterocycles. The fraction of sp³-hybridized carbons (Fsp3) is 0.556. The predicted octanol–water partition coefficient (Wildman–Crippen LogP) is 2.89. The molecule has 1 N–H and O–H groups in total. The summed E-state index contributed by atoms with van der Waals surface area (Å²) < 4.78 is 2.15. The fourth-order valence-corrected chi connectivity index (χ4v) is 3.95. The second-order valence-corrected chi connectivity index (χ2v) is 6.72. The van der Waals surface area contributed by atoms with Gasteiger partial charge in [0.15, 0.2) is 0 Å². The van der Waals surface area contributed by atoms with Crippen molar-refractivity contribution < 1.29 is 4.79 Å². The molecule has 1 atom stereocenters. The lowest BCUT2D eigenvalue weighted by Gasteiger charge is -2.27. The monoisotopic (exact) mass is 297 g/mol. The zero-order chi connectivity index (χ0) is 14.9. The Morgan fingerprint density at radius 1 is 1.18 bits per heavy atom. The first-order chi connectivity index (χ1) is 10.8. The SMILES string of the molecule is O=C(NC1CCCCC1)C1CCc2nc3ccccn3c2C1. The second-order valence-electron chi connectivity index (χ2n) is 6.72. The third kappa shape index (κ3) is 2.51. The van der Waals surface area contributed by atoms with Crippen molar-refractivity contribution in [2.75, 3.05) is 0 Å². The van der Waals surface area contributed by atoms with E-state index >= 15 is 0 Å². The molecule has 1 saturated carbocycles. The minimum absolute atomic E-state index is 0.106. The third-order valence-corrected chi connectivity index (χ3v) is 5.20. The van der Waals surface area contributed by atoms with Crippen LogP contribution in [0.4, 0.5) is 0 Å². The summed E-state index contributed by atoms with van der Waals surface area (Å²) >= 11 is 0. The van der Waals surface area contributed by atoms with Gasteiger partial charge in [-0.2, -0.15) is 0 Å². The van der Waals surface area contributed by atoms with E-state index in [4.69, 9.17) is 4.98 Å². The summed E-state index contributed by atoms with van der Waals surface area (Å²) in [5, 5.41) is 3.29. The molecule has 0 aromatic carbocycles. The van der Waals surface area contributed by atoms with Crippen molar-refractivity contribution in [2.24, 2.45) is 5.92 Å². The van der Waals surface area contributed by atoms with Crippen molar-refractivity contribution in [3.05, 3.63) is 35.8 Å². The Kier molecular flexibility index (Phi) is 3.60. The molecule has 1 fully saturated rings. The molecular weight excluding hydrogens is 274 g/mol. The molecule has 1 unspecified atom stereocenters. The predicted molar refractivity (Wildman–Crippen MR) is 85.7 cm³/mol. The number of nitrogens with zero attached hydrogens (tertiary/aromatic N) is 2. The van der Waals surface area contributed by atoms with Crippen molar-refractivity contribution in [1.82, 2.24) is 14.7 Å². The normalized spacial score (nSPS) is 22.5. The van der Waals surface area contributed by atoms with Gasteiger partial charge < -0.3 is 9.72 Å². The third-order valence-electron chi connectivity index (χ3n) is 5.20. The molecule has 2 heterocycles. The number of rotatable bonds is 2. The lowest BCUT2D eigenvalue weighted by molar-refractivity contribution is -0.126. The van der Waals surface area contributed by atoms with Gasteiger partial charge in [-0.15, -0.1) is 0 Å². The summed E-state index contributed by atoms with van der Waals surface area (Å²) in [6.07, 6.45) is 10.9. The maximum absolute atomic E-state index is 12.6. The summed E-state index contributed by atoms with van der Waals surface area (Å²) in [5.74, 6) is 0.359. The van der Waals surface area contributed by atoms with Crippen LogP contribution in [0.5, 0.6) is 0 Å². The van der Waals surface area contributed by atoms with Gasteiger partial charge in [-0.3, -0.25) is 4.79 Å². The quantitative estimate of drug-likeness (QED) is 0.926. The molecule has 116 valence electrons. The number of fused-ring (bicyclic) bond motifs is 3. The number of imidazole rings is 1. The van der Waals surface area contributed by atoms with E-state index < -0.39 is 0 Å². The number of carbonyl (C=O) groups excluding carboxylic acids is 1. The molecule has 2 aromatic heterocycles. The van der Waals surface area contributed by atoms with Crippen LogP contribution in [-0.4, -0.2) is 21.3 Å². The van der Waals surface area contributed by atoms with Crippen LogP contribution in [0.3, 0.4) is 0 Å². The van der Waals surface area contributed by atoms with Crippen molar-refractivity contribution in [3.63, 3.8) is 0 Å². The lowest BCUT2D eigenvalue weighted by Crippen LogP contribution is -2.41. The summed E-state index contributed by atoms with van der Waals surface area (Å²) in [6, 6.07) is 6.49. The van der Waals surface area contributed by atoms with Gasteiger partial charge in [-0.1, -0.05) is 25.3 Å². The Balaban J connectivity index is 1.50. The van der Waals surface area contributed by atoms with Crippen LogP contribution in [0.2, 0.25) is 0 Å². The molecule has 4 rings (SSSR count). The van der Waals surface area contributed by atoms with Gasteiger partial charge in [0.05, 0.1) is 5.69 Å². The Morgan fingerprint density at radius 2 is 2.05 bits per heavy atom. The van der Waals surface area contributed by atoms with E-state index in [0.717, 1.165) is 37.8 Å². The zero-order valence-electron chi connectivity index (χ0n) is 12.9. The van der Waals surface area contributed by atoms with Crippen LogP contribution in [-0.2, 0) is 17.6 Å². The van der Waals surface area contributed by atoms with Crippen molar-refractivity contribution in [3.8, 4) is 0 Å². The summed E-state index contributed by atoms with van der Waals surface area (Å²) in [5.41, 5.74) is 3.40. The molecule has 1 amide bonds. The highest BCUT2D eigenvalue weighted by molar-refractivity contribution is 5.79. The van der Waals surface area contributed by atoms with Crippen LogP contribution >= 0.6 is 0 Å². The molecule has 4 nitrogen and oxygen atoms in total. The van der Waals surface area contributed by atoms with Crippen molar-refractivity contribution in [1.29, 1.82) is 0 Å². The molecular formula is C18H23N3O. The molecule has 2 aromatic rings. The molecule has 0 radical (unpaired) electrons. The van der Waals surface area contributed by atoms with Gasteiger partial charge in [0, 0.05) is 30.3 Å². The smallest absolute Gasteiger partial charge is 0.223 e. The van der Waals surface area contributed by atoms with Gasteiger partial charge in [0.25, 0.3) is 0 Å². The first-order valence-electron chi connectivity index (χ1n) is 8.56. The maximum Gasteiger partial charge on any atom is 0.223 e. The van der Waals surface area contributed by atoms with E-state index in [2.05, 4.69) is 15.9 Å². The van der Waals surface area contributed by atoms with Crippen LogP contribution in [0.25, 0.3) is 5.65 Å². The molecule has 2 aliphatic carbocycles. The average Bonchev–Trinajstić information content (AvgIpc) is 2.93. The minimum atomic E-state index is 0.106. The highest BCUT2D eigenvalue weighted by atomic mass is 16.1. The van der Waals surface area contributed by atoms with Gasteiger partial charge in [0.2, 0.25) is 5.91 Å². The number of aromatic nitrogens is 2. The Bertz CT molecular complexity index is 685. The van der Waals surface area contributed by atoms with Crippen LogP contribution in [0.15, 0.2) is 24.4 Å². The number of hydrogen-bond donors (Lipinski definition) is 1. The lowest BCUT2D eigenvalue weighted by atomic mass is 9.88. The van der Waals surface area contributed by atoms with E-state index in [9.17, 15) is 4.79 Å². The van der Waals surface area contributed by atoms with Gasteiger partial charge in [-0.25, -0.2) is 4.98 Å². The largest absolute Gasteiger partial charge is 0.353 e. The fourth-order valence-electron chi connectivity index (χ4n) is 3.95. The number of carbonyl (C=O) groups is 1. The van der Waals surface area contributed by atoms with Gasteiger partial charge in [-0.05, 0) is 37.8 Å². The summed E-state index contributed by atoms with van der Waals surface area (Å²) in [4.78, 5) is 17.3. The molecule has 0 spiro atoms. The summed E-state index contributed by atoms with van der Waals surface area (Å²) in [7, 11) is 0. The minimum Gasteiger partial charge on any atom is -0.353 e. The molecule has 0 aliphatic heterocycles. The van der Waals surface area contributed by atoms with Crippen molar-refractivity contribution >= 4 is 11.6 Å². The Morgan fingerprint density at radius 3 is 2.91 bits per heavy atom. The molecule has 2 aliphatic rings. The molecule has 22 heavy (non-hydrogen) atoms. The number of aryl methyl sites for hydroxylation is 1. The van der Waals surface area contributed by atoms with E-state index in [1.807, 2.05) is 18.2 Å². The number of nitrogens with one attached hydrogen (secondary N) is 1. The maximum atomic E-state index is 12.6. The Hall–Kier alpha value is -1.84. The van der Waals surface area contributed by atoms with Crippen LogP contribution in [0, 0.1) is 5.92 Å². The summed E-state index contributed by atoms with van der Waals surface area (Å²) in [6.45, 7) is 0. The van der Waals surface area contributed by atoms with E-state index in [0.29, 0.717) is 6.04 Å². The van der Waals surface area contributed by atoms with E-state index in [1.54, 1.807) is 0 Å². The van der Waals surface area contributed by atoms with Crippen LogP contribution < -0.4 is 5.32 Å². The first kappa shape index (κ1) is 13.8. The molecule has 4 heteroatoms. The number of amides is 1. The highest BCUT2D eigenvalue weighted by Crippen LogP contribution is 2.27. The second kappa shape index (κ2) is 5.75. The van der Waals surface area contributed by atoms with E-state index in [-0.39, 0.29) is 11.8 Å². The number of hydrogen-bond acceptors (Lipinski definition) is 2. The molecule has 0 bridgehead atoms. The van der Waals surface area contributed by atoms with Crippen LogP contribution in [0.1, 0.15) is 49.9 Å². The number of pyridine rings is 1. The average molecular weight is 297 g/mol. The van der Waals surface area contributed by atoms with Crippen molar-refractivity contribution in [2.45, 2.75) is 57.4 Å².